The van der Waals surface area contributed by atoms with Gasteiger partial charge in [0.1, 0.15) is 12.4 Å². The summed E-state index contributed by atoms with van der Waals surface area (Å²) >= 11 is 3.62. The van der Waals surface area contributed by atoms with E-state index >= 15 is 0 Å². The van der Waals surface area contributed by atoms with Crippen molar-refractivity contribution in [2.45, 2.75) is 43.9 Å². The van der Waals surface area contributed by atoms with Crippen LogP contribution in [-0.2, 0) is 17.0 Å². The van der Waals surface area contributed by atoms with E-state index in [9.17, 15) is 9.90 Å². The van der Waals surface area contributed by atoms with E-state index in [-0.39, 0.29) is 11.9 Å². The number of hydrogen-bond acceptors (Lipinski definition) is 3. The lowest BCUT2D eigenvalue weighted by atomic mass is 9.56. The lowest BCUT2D eigenvalue weighted by Crippen LogP contribution is -2.65. The second kappa shape index (κ2) is 10.0. The third-order valence-electron chi connectivity index (χ3n) is 8.25. The van der Waals surface area contributed by atoms with Gasteiger partial charge in [0.2, 0.25) is 5.91 Å². The molecule has 1 saturated carbocycles. The number of aliphatic hydroxyl groups is 1. The Labute approximate surface area is 232 Å². The maximum Gasteiger partial charge on any atom is 0.236 e. The minimum absolute atomic E-state index is 0.126. The minimum Gasteiger partial charge on any atom is -0.489 e. The molecule has 0 radical (unpaired) electrons. The van der Waals surface area contributed by atoms with Gasteiger partial charge in [-0.05, 0) is 61.1 Å². The van der Waals surface area contributed by atoms with Crippen LogP contribution >= 0.6 is 15.9 Å². The SMILES string of the molecule is O=C1N(c2ccccc2)[C@H](c2ccc(Br)cc2OCc2ccccc2)C12CCC(O)(c1ccccc1)CC2. The monoisotopic (exact) mass is 567 g/mol. The van der Waals surface area contributed by atoms with Crippen molar-refractivity contribution in [1.29, 1.82) is 0 Å². The van der Waals surface area contributed by atoms with Gasteiger partial charge in [0.15, 0.2) is 0 Å². The van der Waals surface area contributed by atoms with Crippen molar-refractivity contribution in [3.05, 3.63) is 130 Å². The predicted molar refractivity (Wildman–Crippen MR) is 153 cm³/mol. The van der Waals surface area contributed by atoms with Crippen LogP contribution in [0, 0.1) is 5.41 Å². The number of hydrogen-bond donors (Lipinski definition) is 1. The van der Waals surface area contributed by atoms with E-state index in [0.29, 0.717) is 32.3 Å². The molecule has 1 atom stereocenters. The van der Waals surface area contributed by atoms with Gasteiger partial charge in [-0.3, -0.25) is 4.79 Å². The number of halogens is 1. The molecule has 1 saturated heterocycles. The Morgan fingerprint density at radius 2 is 1.42 bits per heavy atom. The molecule has 6 rings (SSSR count). The number of ether oxygens (including phenoxy) is 1. The second-order valence-corrected chi connectivity index (χ2v) is 11.3. The molecule has 2 fully saturated rings. The van der Waals surface area contributed by atoms with E-state index in [1.807, 2.05) is 108 Å². The van der Waals surface area contributed by atoms with Gasteiger partial charge < -0.3 is 14.7 Å². The fourth-order valence-electron chi connectivity index (χ4n) is 6.18. The van der Waals surface area contributed by atoms with E-state index in [1.165, 1.54) is 0 Å². The largest absolute Gasteiger partial charge is 0.489 e. The number of carbonyl (C=O) groups excluding carboxylic acids is 1. The first-order valence-electron chi connectivity index (χ1n) is 13.1. The molecular weight excluding hydrogens is 538 g/mol. The van der Waals surface area contributed by atoms with Gasteiger partial charge in [0.25, 0.3) is 0 Å². The molecule has 4 aromatic rings. The lowest BCUT2D eigenvalue weighted by molar-refractivity contribution is -0.149. The summed E-state index contributed by atoms with van der Waals surface area (Å²) in [6, 6.07) is 35.8. The molecule has 0 unspecified atom stereocenters. The molecule has 1 aliphatic carbocycles. The Morgan fingerprint density at radius 3 is 2.08 bits per heavy atom. The summed E-state index contributed by atoms with van der Waals surface area (Å²) in [4.78, 5) is 15.9. The molecular formula is C33H30BrNO3. The topological polar surface area (TPSA) is 49.8 Å². The fourth-order valence-corrected chi connectivity index (χ4v) is 6.52. The molecule has 5 heteroatoms. The number of anilines is 1. The zero-order valence-electron chi connectivity index (χ0n) is 21.1. The summed E-state index contributed by atoms with van der Waals surface area (Å²) in [6.07, 6.45) is 2.30. The van der Waals surface area contributed by atoms with Gasteiger partial charge in [0.05, 0.1) is 17.1 Å². The first-order chi connectivity index (χ1) is 18.5. The van der Waals surface area contributed by atoms with Crippen LogP contribution in [0.25, 0.3) is 0 Å². The summed E-state index contributed by atoms with van der Waals surface area (Å²) in [5.74, 6) is 0.894. The van der Waals surface area contributed by atoms with E-state index in [4.69, 9.17) is 4.74 Å². The van der Waals surface area contributed by atoms with Crippen LogP contribution in [0.2, 0.25) is 0 Å². The Balaban J connectivity index is 1.37. The van der Waals surface area contributed by atoms with Crippen molar-refractivity contribution in [2.75, 3.05) is 4.90 Å². The fraction of sp³-hybridized carbons (Fsp3) is 0.242. The number of nitrogens with zero attached hydrogens (tertiary/aromatic N) is 1. The summed E-state index contributed by atoms with van der Waals surface area (Å²) < 4.78 is 7.34. The van der Waals surface area contributed by atoms with E-state index in [0.717, 1.165) is 32.6 Å². The standard InChI is InChI=1S/C33H30BrNO3/c34-26-16-17-28(29(22-26)38-23-24-10-4-1-5-11-24)30-32(31(36)35(30)27-14-8-3-9-15-27)18-20-33(37,21-19-32)25-12-6-2-7-13-25/h1-17,22,30,37H,18-21,23H2/t30-,32?,33?/m1/s1. The molecule has 0 bridgehead atoms. The van der Waals surface area contributed by atoms with Crippen molar-refractivity contribution >= 4 is 27.5 Å². The smallest absolute Gasteiger partial charge is 0.236 e. The third-order valence-corrected chi connectivity index (χ3v) is 8.74. The van der Waals surface area contributed by atoms with Gasteiger partial charge in [-0.15, -0.1) is 0 Å². The van der Waals surface area contributed by atoms with Crippen LogP contribution in [0.4, 0.5) is 5.69 Å². The van der Waals surface area contributed by atoms with Crippen molar-refractivity contribution in [1.82, 2.24) is 0 Å². The van der Waals surface area contributed by atoms with Crippen LogP contribution in [0.3, 0.4) is 0 Å². The van der Waals surface area contributed by atoms with Crippen molar-refractivity contribution < 1.29 is 14.6 Å². The van der Waals surface area contributed by atoms with Gasteiger partial charge in [-0.25, -0.2) is 0 Å². The molecule has 4 aromatic carbocycles. The predicted octanol–water partition coefficient (Wildman–Crippen LogP) is 7.56. The number of benzene rings is 4. The Hall–Kier alpha value is -3.41. The normalized spacial score (nSPS) is 24.7. The molecule has 1 N–H and O–H groups in total. The zero-order valence-corrected chi connectivity index (χ0v) is 22.7. The quantitative estimate of drug-likeness (QED) is 0.244. The Morgan fingerprint density at radius 1 is 0.816 bits per heavy atom. The van der Waals surface area contributed by atoms with Crippen molar-refractivity contribution in [3.8, 4) is 5.75 Å². The first-order valence-corrected chi connectivity index (χ1v) is 13.9. The minimum atomic E-state index is -0.920. The highest BCUT2D eigenvalue weighted by molar-refractivity contribution is 9.10. The van der Waals surface area contributed by atoms with Gasteiger partial charge in [0, 0.05) is 15.7 Å². The highest BCUT2D eigenvalue weighted by Crippen LogP contribution is 2.62. The molecule has 1 heterocycles. The maximum atomic E-state index is 14.0. The van der Waals surface area contributed by atoms with Gasteiger partial charge in [-0.2, -0.15) is 0 Å². The van der Waals surface area contributed by atoms with Crippen LogP contribution in [0.1, 0.15) is 48.4 Å². The molecule has 1 aliphatic heterocycles. The van der Waals surface area contributed by atoms with Crippen LogP contribution < -0.4 is 9.64 Å². The third kappa shape index (κ3) is 4.34. The van der Waals surface area contributed by atoms with E-state index in [2.05, 4.69) is 22.0 Å². The Kier molecular flexibility index (Phi) is 6.58. The lowest BCUT2D eigenvalue weighted by Gasteiger charge is -2.59. The molecule has 1 amide bonds. The highest BCUT2D eigenvalue weighted by atomic mass is 79.9. The number of β-lactam (4-membered cyclic amide) rings is 1. The number of rotatable bonds is 6. The highest BCUT2D eigenvalue weighted by Gasteiger charge is 2.64. The summed E-state index contributed by atoms with van der Waals surface area (Å²) in [5, 5.41) is 11.6. The zero-order chi connectivity index (χ0) is 26.2. The first kappa shape index (κ1) is 24.9. The molecule has 38 heavy (non-hydrogen) atoms. The molecule has 0 aromatic heterocycles. The summed E-state index contributed by atoms with van der Waals surface area (Å²) in [7, 11) is 0. The molecule has 192 valence electrons. The number of amides is 1. The molecule has 2 aliphatic rings. The van der Waals surface area contributed by atoms with Gasteiger partial charge >= 0.3 is 0 Å². The van der Waals surface area contributed by atoms with Crippen molar-refractivity contribution in [2.24, 2.45) is 5.41 Å². The molecule has 4 nitrogen and oxygen atoms in total. The van der Waals surface area contributed by atoms with Crippen LogP contribution in [0.5, 0.6) is 5.75 Å². The number of para-hydroxylation sites is 1. The average Bonchev–Trinajstić information content (AvgIpc) is 2.97. The Bertz CT molecular complexity index is 1420. The second-order valence-electron chi connectivity index (χ2n) is 10.4. The van der Waals surface area contributed by atoms with E-state index < -0.39 is 11.0 Å². The summed E-state index contributed by atoms with van der Waals surface area (Å²) in [5.41, 5.74) is 2.38. The van der Waals surface area contributed by atoms with Crippen LogP contribution in [-0.4, -0.2) is 11.0 Å². The number of carbonyl (C=O) groups is 1. The van der Waals surface area contributed by atoms with Crippen molar-refractivity contribution in [3.63, 3.8) is 0 Å². The average molecular weight is 569 g/mol. The molecule has 1 spiro atoms. The van der Waals surface area contributed by atoms with E-state index in [1.54, 1.807) is 0 Å². The maximum absolute atomic E-state index is 14.0. The summed E-state index contributed by atoms with van der Waals surface area (Å²) in [6.45, 7) is 0.442. The van der Waals surface area contributed by atoms with Gasteiger partial charge in [-0.1, -0.05) is 101 Å². The van der Waals surface area contributed by atoms with Crippen LogP contribution in [0.15, 0.2) is 114 Å².